The van der Waals surface area contributed by atoms with Crippen molar-refractivity contribution in [2.75, 3.05) is 0 Å². The molecule has 4 heteroatoms. The minimum Gasteiger partial charge on any atom is -0.284 e. The summed E-state index contributed by atoms with van der Waals surface area (Å²) < 4.78 is 1.88. The maximum absolute atomic E-state index is 13.6. The third-order valence-electron chi connectivity index (χ3n) is 6.08. The van der Waals surface area contributed by atoms with Gasteiger partial charge in [-0.15, -0.1) is 0 Å². The third-order valence-corrected chi connectivity index (χ3v) is 11.1. The molecule has 0 amide bonds. The van der Waals surface area contributed by atoms with Gasteiger partial charge in [0.2, 0.25) is 5.91 Å². The predicted molar refractivity (Wildman–Crippen MR) is 144 cm³/mol. The lowest BCUT2D eigenvalue weighted by molar-refractivity contribution is 0.0917. The zero-order chi connectivity index (χ0) is 22.8. The van der Waals surface area contributed by atoms with E-state index < -0.39 is 6.04 Å². The van der Waals surface area contributed by atoms with Crippen LogP contribution in [0.3, 0.4) is 0 Å². The first-order valence-corrected chi connectivity index (χ1v) is 13.8. The number of hydrogen-bond acceptors (Lipinski definition) is 2. The van der Waals surface area contributed by atoms with Gasteiger partial charge in [0.05, 0.1) is 11.9 Å². The van der Waals surface area contributed by atoms with Crippen LogP contribution in [-0.4, -0.2) is 10.5 Å². The molecule has 0 unspecified atom stereocenters. The Morgan fingerprint density at radius 1 is 0.727 bits per heavy atom. The molecule has 0 radical (unpaired) electrons. The Morgan fingerprint density at radius 3 is 1.79 bits per heavy atom. The van der Waals surface area contributed by atoms with E-state index in [0.29, 0.717) is 6.42 Å². The first-order valence-electron chi connectivity index (χ1n) is 11.0. The molecule has 33 heavy (non-hydrogen) atoms. The summed E-state index contributed by atoms with van der Waals surface area (Å²) in [4.78, 5) is 13.6. The van der Waals surface area contributed by atoms with Crippen molar-refractivity contribution >= 4 is 50.6 Å². The number of rotatable bonds is 5. The molecule has 1 aromatic heterocycles. The van der Waals surface area contributed by atoms with Gasteiger partial charge in [-0.2, -0.15) is 0 Å². The number of fused-ring (bicyclic) bond motifs is 1. The number of para-hydroxylation sites is 1. The zero-order valence-corrected chi connectivity index (χ0v) is 20.1. The number of hydrogen-bond donors (Lipinski definition) is 0. The molecule has 0 aliphatic rings. The lowest BCUT2D eigenvalue weighted by Gasteiger charge is -2.24. The highest BCUT2D eigenvalue weighted by Gasteiger charge is 2.32. The highest BCUT2D eigenvalue weighted by atomic mass is 32.4. The zero-order valence-electron chi connectivity index (χ0n) is 18.4. The Labute approximate surface area is 199 Å². The second-order valence-corrected chi connectivity index (χ2v) is 12.5. The summed E-state index contributed by atoms with van der Waals surface area (Å²) in [5.74, 6) is 0.0591. The van der Waals surface area contributed by atoms with E-state index in [0.717, 1.165) is 38.1 Å². The van der Waals surface area contributed by atoms with E-state index in [1.165, 1.54) is 0 Å². The number of aromatic nitrogens is 1. The molecule has 5 aromatic rings. The topological polar surface area (TPSA) is 22.0 Å². The van der Waals surface area contributed by atoms with Crippen LogP contribution in [0, 0.1) is 6.92 Å². The molecule has 0 fully saturated rings. The lowest BCUT2D eigenvalue weighted by atomic mass is 10.1. The fraction of sp³-hybridized carbons (Fsp3) is 0.0690. The SMILES string of the molecule is Cc1c(P(=S)(c2ccccc2)c2ccccc2)c2ccccc2n1C(=O)Cc1ccccc1. The van der Waals surface area contributed by atoms with Crippen molar-refractivity contribution < 1.29 is 4.79 Å². The summed E-state index contributed by atoms with van der Waals surface area (Å²) >= 11 is 6.63. The van der Waals surface area contributed by atoms with Gasteiger partial charge in [-0.3, -0.25) is 9.36 Å². The largest absolute Gasteiger partial charge is 0.284 e. The predicted octanol–water partition coefficient (Wildman–Crippen LogP) is 5.59. The molecular weight excluding hydrogens is 441 g/mol. The Hall–Kier alpha value is -3.26. The average Bonchev–Trinajstić information content (AvgIpc) is 3.17. The van der Waals surface area contributed by atoms with Gasteiger partial charge in [0.15, 0.2) is 0 Å². The van der Waals surface area contributed by atoms with Crippen LogP contribution in [0.1, 0.15) is 16.1 Å². The van der Waals surface area contributed by atoms with E-state index >= 15 is 0 Å². The standard InChI is InChI=1S/C29H24NOPS/c1-22-29(32(33,24-15-7-3-8-16-24)25-17-9-4-10-18-25)26-19-11-12-20-27(26)30(22)28(31)21-23-13-5-2-6-14-23/h2-20H,21H2,1H3. The molecule has 1 heterocycles. The highest BCUT2D eigenvalue weighted by Crippen LogP contribution is 2.46. The van der Waals surface area contributed by atoms with E-state index in [1.54, 1.807) is 0 Å². The molecule has 2 nitrogen and oxygen atoms in total. The van der Waals surface area contributed by atoms with Crippen molar-refractivity contribution in [3.8, 4) is 0 Å². The molecule has 0 saturated carbocycles. The van der Waals surface area contributed by atoms with Crippen LogP contribution in [-0.2, 0) is 18.2 Å². The molecule has 0 atom stereocenters. The van der Waals surface area contributed by atoms with Crippen LogP contribution in [0.5, 0.6) is 0 Å². The highest BCUT2D eigenvalue weighted by molar-refractivity contribution is 8.25. The number of carbonyl (C=O) groups excluding carboxylic acids is 1. The molecule has 5 rings (SSSR count). The number of carbonyl (C=O) groups is 1. The van der Waals surface area contributed by atoms with Gasteiger partial charge >= 0.3 is 0 Å². The summed E-state index contributed by atoms with van der Waals surface area (Å²) in [6, 6.07) is 36.4. The molecule has 0 saturated heterocycles. The fourth-order valence-electron chi connectivity index (χ4n) is 4.60. The quantitative estimate of drug-likeness (QED) is 0.316. The van der Waals surface area contributed by atoms with Crippen molar-refractivity contribution in [1.82, 2.24) is 4.57 Å². The second-order valence-electron chi connectivity index (χ2n) is 8.12. The minimum atomic E-state index is -2.40. The van der Waals surface area contributed by atoms with Crippen LogP contribution in [0.25, 0.3) is 10.9 Å². The van der Waals surface area contributed by atoms with Crippen LogP contribution in [0.4, 0.5) is 0 Å². The molecule has 0 spiro atoms. The third kappa shape index (κ3) is 3.78. The van der Waals surface area contributed by atoms with Crippen molar-refractivity contribution in [3.05, 3.63) is 127 Å². The Morgan fingerprint density at radius 2 is 1.21 bits per heavy atom. The molecule has 0 aliphatic heterocycles. The maximum Gasteiger partial charge on any atom is 0.235 e. The summed E-state index contributed by atoms with van der Waals surface area (Å²) in [5, 5.41) is 4.43. The van der Waals surface area contributed by atoms with Crippen LogP contribution in [0.15, 0.2) is 115 Å². The van der Waals surface area contributed by atoms with Crippen molar-refractivity contribution in [1.29, 1.82) is 0 Å². The first-order chi connectivity index (χ1) is 16.1. The Balaban J connectivity index is 1.78. The van der Waals surface area contributed by atoms with Crippen LogP contribution in [0.2, 0.25) is 0 Å². The van der Waals surface area contributed by atoms with Gasteiger partial charge in [-0.05, 0) is 29.2 Å². The van der Waals surface area contributed by atoms with Gasteiger partial charge in [0, 0.05) is 22.4 Å². The van der Waals surface area contributed by atoms with Gasteiger partial charge < -0.3 is 0 Å². The van der Waals surface area contributed by atoms with E-state index in [9.17, 15) is 4.79 Å². The van der Waals surface area contributed by atoms with E-state index in [2.05, 4.69) is 30.3 Å². The number of nitrogens with zero attached hydrogens (tertiary/aromatic N) is 1. The van der Waals surface area contributed by atoms with Crippen LogP contribution < -0.4 is 15.9 Å². The van der Waals surface area contributed by atoms with Gasteiger partial charge in [-0.25, -0.2) is 0 Å². The molecule has 162 valence electrons. The lowest BCUT2D eigenvalue weighted by Crippen LogP contribution is -2.27. The molecule has 0 aliphatic carbocycles. The summed E-state index contributed by atoms with van der Waals surface area (Å²) in [6.07, 6.45) is 0.347. The summed E-state index contributed by atoms with van der Waals surface area (Å²) in [6.45, 7) is 2.05. The molecule has 0 N–H and O–H groups in total. The van der Waals surface area contributed by atoms with Gasteiger partial charge in [-0.1, -0.05) is 121 Å². The Kier molecular flexibility index (Phi) is 5.85. The van der Waals surface area contributed by atoms with Crippen molar-refractivity contribution in [3.63, 3.8) is 0 Å². The molecule has 4 aromatic carbocycles. The minimum absolute atomic E-state index is 0.0591. The van der Waals surface area contributed by atoms with E-state index in [1.807, 2.05) is 96.4 Å². The van der Waals surface area contributed by atoms with Crippen molar-refractivity contribution in [2.24, 2.45) is 0 Å². The Bertz CT molecular complexity index is 1430. The van der Waals surface area contributed by atoms with Crippen LogP contribution >= 0.6 is 6.04 Å². The van der Waals surface area contributed by atoms with Gasteiger partial charge in [0.25, 0.3) is 0 Å². The normalized spacial score (nSPS) is 11.5. The van der Waals surface area contributed by atoms with Crippen molar-refractivity contribution in [2.45, 2.75) is 13.3 Å². The summed E-state index contributed by atoms with van der Waals surface area (Å²) in [7, 11) is 0. The van der Waals surface area contributed by atoms with Gasteiger partial charge in [0.1, 0.15) is 0 Å². The average molecular weight is 466 g/mol. The summed E-state index contributed by atoms with van der Waals surface area (Å²) in [5.41, 5.74) is 2.87. The molecule has 0 bridgehead atoms. The first kappa shape index (κ1) is 21.6. The molecular formula is C29H24NOPS. The van der Waals surface area contributed by atoms with E-state index in [4.69, 9.17) is 11.8 Å². The monoisotopic (exact) mass is 465 g/mol. The number of benzene rings is 4. The maximum atomic E-state index is 13.6. The second kappa shape index (κ2) is 8.94. The smallest absolute Gasteiger partial charge is 0.235 e. The fourth-order valence-corrected chi connectivity index (χ4v) is 9.11. The van der Waals surface area contributed by atoms with E-state index in [-0.39, 0.29) is 5.91 Å².